The first-order valence-electron chi connectivity index (χ1n) is 10.6. The number of nitrogens with zero attached hydrogens (tertiary/aromatic N) is 1. The van der Waals surface area contributed by atoms with Crippen molar-refractivity contribution in [1.29, 1.82) is 0 Å². The lowest BCUT2D eigenvalue weighted by molar-refractivity contribution is -0.153. The first kappa shape index (κ1) is 24.6. The maximum atomic E-state index is 13.5. The van der Waals surface area contributed by atoms with Crippen LogP contribution in [0.1, 0.15) is 50.3 Å². The van der Waals surface area contributed by atoms with Crippen molar-refractivity contribution in [3.63, 3.8) is 0 Å². The molecule has 6 nitrogen and oxygen atoms in total. The average Bonchev–Trinajstić information content (AvgIpc) is 2.74. The van der Waals surface area contributed by atoms with Crippen molar-refractivity contribution in [2.24, 2.45) is 11.8 Å². The molecule has 30 heavy (non-hydrogen) atoms. The standard InChI is InChI=1S/C23H35ClN2O4/c1-15-9-11-18(12-10-15)22(26(20(27)13-24)14-21(29-4)30-5)23(28)25-19-8-6-7-16(2)17(19)3/h9-12,16-17,19,21-22H,6-8,13-14H2,1-5H3,(H,25,28)/t16-,17+,19+,22-/m0/s1. The Labute approximate surface area is 185 Å². The molecule has 4 atom stereocenters. The fourth-order valence-electron chi connectivity index (χ4n) is 4.10. The molecule has 0 aliphatic heterocycles. The quantitative estimate of drug-likeness (QED) is 0.472. The third-order valence-corrected chi connectivity index (χ3v) is 6.52. The lowest BCUT2D eigenvalue weighted by Gasteiger charge is -2.38. The predicted octanol–water partition coefficient (Wildman–Crippen LogP) is 3.66. The van der Waals surface area contributed by atoms with Gasteiger partial charge in [0.25, 0.3) is 0 Å². The molecule has 1 aliphatic carbocycles. The van der Waals surface area contributed by atoms with Crippen LogP contribution in [0.25, 0.3) is 0 Å². The predicted molar refractivity (Wildman–Crippen MR) is 118 cm³/mol. The highest BCUT2D eigenvalue weighted by atomic mass is 35.5. The zero-order valence-corrected chi connectivity index (χ0v) is 19.4. The van der Waals surface area contributed by atoms with Crippen molar-refractivity contribution >= 4 is 23.4 Å². The van der Waals surface area contributed by atoms with Gasteiger partial charge in [0.05, 0.1) is 6.54 Å². The van der Waals surface area contributed by atoms with Crippen LogP contribution in [0, 0.1) is 18.8 Å². The summed E-state index contributed by atoms with van der Waals surface area (Å²) in [4.78, 5) is 27.8. The van der Waals surface area contributed by atoms with Gasteiger partial charge in [-0.2, -0.15) is 0 Å². The van der Waals surface area contributed by atoms with Crippen LogP contribution in [0.4, 0.5) is 0 Å². The van der Waals surface area contributed by atoms with Crippen molar-refractivity contribution in [3.8, 4) is 0 Å². The summed E-state index contributed by atoms with van der Waals surface area (Å²) in [5, 5.41) is 3.22. The molecule has 1 aliphatic rings. The Bertz CT molecular complexity index is 693. The topological polar surface area (TPSA) is 67.9 Å². The number of halogens is 1. The molecule has 1 N–H and O–H groups in total. The molecule has 0 saturated heterocycles. The van der Waals surface area contributed by atoms with Gasteiger partial charge in [-0.15, -0.1) is 11.6 Å². The highest BCUT2D eigenvalue weighted by Crippen LogP contribution is 2.31. The summed E-state index contributed by atoms with van der Waals surface area (Å²) in [6.07, 6.45) is 2.55. The molecule has 0 aromatic heterocycles. The molecule has 2 amide bonds. The molecule has 0 unspecified atom stereocenters. The average molecular weight is 439 g/mol. The van der Waals surface area contributed by atoms with Gasteiger partial charge >= 0.3 is 0 Å². The summed E-state index contributed by atoms with van der Waals surface area (Å²) in [5.41, 5.74) is 1.81. The van der Waals surface area contributed by atoms with Crippen molar-refractivity contribution in [3.05, 3.63) is 35.4 Å². The summed E-state index contributed by atoms with van der Waals surface area (Å²) in [5.74, 6) is 0.154. The van der Waals surface area contributed by atoms with Crippen molar-refractivity contribution in [2.75, 3.05) is 26.6 Å². The van der Waals surface area contributed by atoms with Gasteiger partial charge < -0.3 is 19.7 Å². The van der Waals surface area contributed by atoms with E-state index in [-0.39, 0.29) is 30.3 Å². The number of hydrogen-bond acceptors (Lipinski definition) is 4. The first-order chi connectivity index (χ1) is 14.3. The van der Waals surface area contributed by atoms with Gasteiger partial charge in [-0.3, -0.25) is 9.59 Å². The molecule has 0 spiro atoms. The lowest BCUT2D eigenvalue weighted by Crippen LogP contribution is -2.51. The van der Waals surface area contributed by atoms with Crippen molar-refractivity contribution in [1.82, 2.24) is 10.2 Å². The van der Waals surface area contributed by atoms with E-state index in [2.05, 4.69) is 19.2 Å². The van der Waals surface area contributed by atoms with E-state index < -0.39 is 12.3 Å². The zero-order valence-electron chi connectivity index (χ0n) is 18.7. The molecule has 1 fully saturated rings. The van der Waals surface area contributed by atoms with Crippen LogP contribution >= 0.6 is 11.6 Å². The molecule has 168 valence electrons. The van der Waals surface area contributed by atoms with Crippen LogP contribution in [0.5, 0.6) is 0 Å². The fourth-order valence-corrected chi connectivity index (χ4v) is 4.26. The number of amides is 2. The number of methoxy groups -OCH3 is 2. The van der Waals surface area contributed by atoms with E-state index in [1.165, 1.54) is 25.5 Å². The molecule has 1 saturated carbocycles. The number of rotatable bonds is 9. The van der Waals surface area contributed by atoms with Gasteiger partial charge in [0.1, 0.15) is 11.9 Å². The van der Waals surface area contributed by atoms with E-state index in [1.54, 1.807) is 0 Å². The first-order valence-corrected chi connectivity index (χ1v) is 11.1. The summed E-state index contributed by atoms with van der Waals surface area (Å²) in [6, 6.07) is 6.92. The Hall–Kier alpha value is -1.63. The van der Waals surface area contributed by atoms with Crippen LogP contribution in [0.2, 0.25) is 0 Å². The molecule has 2 rings (SSSR count). The Morgan fingerprint density at radius 3 is 2.37 bits per heavy atom. The molecule has 1 aromatic carbocycles. The monoisotopic (exact) mass is 438 g/mol. The number of benzene rings is 1. The molecule has 0 bridgehead atoms. The third kappa shape index (κ3) is 6.19. The Balaban J connectivity index is 2.37. The lowest BCUT2D eigenvalue weighted by atomic mass is 9.78. The molecule has 0 heterocycles. The van der Waals surface area contributed by atoms with Gasteiger partial charge in [0.15, 0.2) is 6.29 Å². The van der Waals surface area contributed by atoms with E-state index in [4.69, 9.17) is 21.1 Å². The highest BCUT2D eigenvalue weighted by Gasteiger charge is 2.36. The minimum absolute atomic E-state index is 0.0859. The molecule has 1 aromatic rings. The second kappa shape index (κ2) is 11.7. The summed E-state index contributed by atoms with van der Waals surface area (Å²) < 4.78 is 10.6. The Morgan fingerprint density at radius 2 is 1.80 bits per heavy atom. The smallest absolute Gasteiger partial charge is 0.247 e. The summed E-state index contributed by atoms with van der Waals surface area (Å²) in [6.45, 7) is 6.49. The molecule has 7 heteroatoms. The fraction of sp³-hybridized carbons (Fsp3) is 0.652. The molecular weight excluding hydrogens is 404 g/mol. The molecule has 0 radical (unpaired) electrons. The number of nitrogens with one attached hydrogen (secondary N) is 1. The van der Waals surface area contributed by atoms with Crippen molar-refractivity contribution in [2.45, 2.75) is 58.4 Å². The minimum atomic E-state index is -0.811. The van der Waals surface area contributed by atoms with E-state index in [1.807, 2.05) is 31.2 Å². The van der Waals surface area contributed by atoms with Crippen LogP contribution in [0.3, 0.4) is 0 Å². The largest absolute Gasteiger partial charge is 0.354 e. The number of alkyl halides is 1. The number of carbonyl (C=O) groups is 2. The number of ether oxygens (including phenoxy) is 2. The zero-order chi connectivity index (χ0) is 22.3. The van der Waals surface area contributed by atoms with Crippen LogP contribution in [-0.2, 0) is 19.1 Å². The number of carbonyl (C=O) groups excluding carboxylic acids is 2. The third-order valence-electron chi connectivity index (χ3n) is 6.29. The second-order valence-electron chi connectivity index (χ2n) is 8.28. The van der Waals surface area contributed by atoms with Gasteiger partial charge in [-0.25, -0.2) is 0 Å². The molecular formula is C23H35ClN2O4. The van der Waals surface area contributed by atoms with E-state index in [0.29, 0.717) is 11.8 Å². The Morgan fingerprint density at radius 1 is 1.17 bits per heavy atom. The normalized spacial score (nSPS) is 22.6. The second-order valence-corrected chi connectivity index (χ2v) is 8.54. The summed E-state index contributed by atoms with van der Waals surface area (Å²) >= 11 is 5.91. The van der Waals surface area contributed by atoms with E-state index in [0.717, 1.165) is 24.0 Å². The van der Waals surface area contributed by atoms with E-state index >= 15 is 0 Å². The SMILES string of the molecule is COC(CN(C(=O)CCl)[C@H](C(=O)N[C@@H]1CCC[C@H](C)[C@H]1C)c1ccc(C)cc1)OC. The van der Waals surface area contributed by atoms with Gasteiger partial charge in [-0.05, 0) is 30.7 Å². The maximum absolute atomic E-state index is 13.5. The van der Waals surface area contributed by atoms with Crippen molar-refractivity contribution < 1.29 is 19.1 Å². The highest BCUT2D eigenvalue weighted by molar-refractivity contribution is 6.27. The minimum Gasteiger partial charge on any atom is -0.354 e. The van der Waals surface area contributed by atoms with Crippen LogP contribution in [0.15, 0.2) is 24.3 Å². The van der Waals surface area contributed by atoms with Gasteiger partial charge in [0.2, 0.25) is 11.8 Å². The summed E-state index contributed by atoms with van der Waals surface area (Å²) in [7, 11) is 3.01. The van der Waals surface area contributed by atoms with Crippen LogP contribution < -0.4 is 5.32 Å². The van der Waals surface area contributed by atoms with Crippen LogP contribution in [-0.4, -0.2) is 55.7 Å². The van der Waals surface area contributed by atoms with Gasteiger partial charge in [-0.1, -0.05) is 56.5 Å². The Kier molecular flexibility index (Phi) is 9.59. The van der Waals surface area contributed by atoms with E-state index in [9.17, 15) is 9.59 Å². The number of hydrogen-bond donors (Lipinski definition) is 1. The number of aryl methyl sites for hydroxylation is 1. The van der Waals surface area contributed by atoms with Gasteiger partial charge in [0, 0.05) is 20.3 Å². The maximum Gasteiger partial charge on any atom is 0.247 e.